The molecule has 0 fully saturated rings. The van der Waals surface area contributed by atoms with Crippen molar-refractivity contribution in [1.82, 2.24) is 10.2 Å². The highest BCUT2D eigenvalue weighted by Gasteiger charge is 2.30. The summed E-state index contributed by atoms with van der Waals surface area (Å²) in [6.45, 7) is 1.93. The van der Waals surface area contributed by atoms with Crippen molar-refractivity contribution in [1.29, 1.82) is 0 Å². The van der Waals surface area contributed by atoms with Gasteiger partial charge in [0.15, 0.2) is 5.82 Å². The first-order valence-electron chi connectivity index (χ1n) is 5.79. The van der Waals surface area contributed by atoms with Gasteiger partial charge in [-0.05, 0) is 24.6 Å². The van der Waals surface area contributed by atoms with E-state index in [1.165, 1.54) is 0 Å². The van der Waals surface area contributed by atoms with Gasteiger partial charge in [-0.2, -0.15) is 5.10 Å². The molecule has 0 radical (unpaired) electrons. The molecule has 1 amide bonds. The van der Waals surface area contributed by atoms with Crippen LogP contribution in [-0.2, 0) is 4.79 Å². The maximum Gasteiger partial charge on any atom is 0.226 e. The number of benzene rings is 1. The second kappa shape index (κ2) is 3.87. The minimum Gasteiger partial charge on any atom is -0.508 e. The number of nitrogens with zero attached hydrogens (tertiary/aromatic N) is 1. The van der Waals surface area contributed by atoms with E-state index in [4.69, 9.17) is 0 Å². The molecule has 1 aliphatic rings. The van der Waals surface area contributed by atoms with Crippen LogP contribution < -0.4 is 5.32 Å². The number of nitrogens with one attached hydrogen (secondary N) is 2. The molecule has 0 spiro atoms. The van der Waals surface area contributed by atoms with Crippen molar-refractivity contribution in [3.05, 3.63) is 41.1 Å². The van der Waals surface area contributed by atoms with Gasteiger partial charge in [-0.25, -0.2) is 0 Å². The van der Waals surface area contributed by atoms with E-state index < -0.39 is 0 Å². The monoisotopic (exact) mass is 243 g/mol. The molecule has 0 bridgehead atoms. The fourth-order valence-electron chi connectivity index (χ4n) is 2.46. The second-order valence-corrected chi connectivity index (χ2v) is 4.51. The van der Waals surface area contributed by atoms with E-state index in [2.05, 4.69) is 15.5 Å². The van der Waals surface area contributed by atoms with Crippen LogP contribution in [-0.4, -0.2) is 21.2 Å². The van der Waals surface area contributed by atoms with Crippen LogP contribution in [0.4, 0.5) is 5.82 Å². The fourth-order valence-corrected chi connectivity index (χ4v) is 2.46. The van der Waals surface area contributed by atoms with Gasteiger partial charge < -0.3 is 10.4 Å². The lowest BCUT2D eigenvalue weighted by atomic mass is 9.86. The van der Waals surface area contributed by atoms with Crippen LogP contribution in [0.2, 0.25) is 0 Å². The zero-order valence-electron chi connectivity index (χ0n) is 9.90. The highest BCUT2D eigenvalue weighted by molar-refractivity contribution is 5.94. The van der Waals surface area contributed by atoms with Crippen molar-refractivity contribution in [2.45, 2.75) is 19.3 Å². The molecule has 2 aromatic rings. The summed E-state index contributed by atoms with van der Waals surface area (Å²) in [6.07, 6.45) is 0.372. The number of fused-ring (bicyclic) bond motifs is 1. The maximum atomic E-state index is 11.7. The molecule has 5 heteroatoms. The zero-order valence-corrected chi connectivity index (χ0v) is 9.90. The van der Waals surface area contributed by atoms with Crippen molar-refractivity contribution in [3.63, 3.8) is 0 Å². The van der Waals surface area contributed by atoms with Gasteiger partial charge in [-0.3, -0.25) is 9.89 Å². The number of hydrogen-bond donors (Lipinski definition) is 3. The van der Waals surface area contributed by atoms with Crippen molar-refractivity contribution in [2.75, 3.05) is 5.32 Å². The normalized spacial score (nSPS) is 18.3. The number of phenols is 1. The minimum absolute atomic E-state index is 0.0534. The van der Waals surface area contributed by atoms with Gasteiger partial charge in [-0.15, -0.1) is 0 Å². The Morgan fingerprint density at radius 3 is 3.06 bits per heavy atom. The Hall–Kier alpha value is -2.30. The van der Waals surface area contributed by atoms with Gasteiger partial charge in [-0.1, -0.05) is 12.1 Å². The molecule has 3 N–H and O–H groups in total. The first-order valence-corrected chi connectivity index (χ1v) is 5.79. The lowest BCUT2D eigenvalue weighted by Gasteiger charge is -2.22. The molecule has 1 aromatic heterocycles. The van der Waals surface area contributed by atoms with Crippen molar-refractivity contribution < 1.29 is 9.90 Å². The fraction of sp³-hybridized carbons (Fsp3) is 0.231. The summed E-state index contributed by atoms with van der Waals surface area (Å²) in [7, 11) is 0. The minimum atomic E-state index is -0.0559. The number of aryl methyl sites for hydroxylation is 1. The average molecular weight is 243 g/mol. The van der Waals surface area contributed by atoms with Crippen LogP contribution in [0, 0.1) is 6.92 Å². The summed E-state index contributed by atoms with van der Waals surface area (Å²) < 4.78 is 0. The topological polar surface area (TPSA) is 78.0 Å². The molecule has 1 atom stereocenters. The van der Waals surface area contributed by atoms with Crippen LogP contribution in [0.15, 0.2) is 24.3 Å². The summed E-state index contributed by atoms with van der Waals surface area (Å²) in [4.78, 5) is 11.7. The third-order valence-corrected chi connectivity index (χ3v) is 3.26. The van der Waals surface area contributed by atoms with Crippen LogP contribution in [0.25, 0.3) is 0 Å². The van der Waals surface area contributed by atoms with Crippen molar-refractivity contribution in [3.8, 4) is 5.75 Å². The number of carbonyl (C=O) groups is 1. The van der Waals surface area contributed by atoms with Crippen molar-refractivity contribution >= 4 is 11.7 Å². The highest BCUT2D eigenvalue weighted by Crippen LogP contribution is 2.38. The number of aromatic amines is 1. The van der Waals surface area contributed by atoms with Crippen LogP contribution in [0.3, 0.4) is 0 Å². The standard InChI is InChI=1S/C13H13N3O2/c1-7-12-10(8-3-2-4-9(17)5-8)6-11(18)14-13(12)16-15-7/h2-5,10,17H,6H2,1H3,(H2,14,15,16,18)/t10-/m0/s1. The van der Waals surface area contributed by atoms with Gasteiger partial charge in [0, 0.05) is 23.6 Å². The summed E-state index contributed by atoms with van der Waals surface area (Å²) in [5, 5.41) is 19.3. The smallest absolute Gasteiger partial charge is 0.226 e. The third-order valence-electron chi connectivity index (χ3n) is 3.26. The number of aromatic nitrogens is 2. The number of amides is 1. The molecular formula is C13H13N3O2. The predicted molar refractivity (Wildman–Crippen MR) is 66.5 cm³/mol. The number of carbonyl (C=O) groups excluding carboxylic acids is 1. The Morgan fingerprint density at radius 1 is 1.44 bits per heavy atom. The van der Waals surface area contributed by atoms with E-state index in [-0.39, 0.29) is 17.6 Å². The Labute approximate surface area is 104 Å². The van der Waals surface area contributed by atoms with E-state index in [1.807, 2.05) is 13.0 Å². The summed E-state index contributed by atoms with van der Waals surface area (Å²) in [5.41, 5.74) is 2.87. The molecule has 0 saturated heterocycles. The molecule has 18 heavy (non-hydrogen) atoms. The Morgan fingerprint density at radius 2 is 2.28 bits per heavy atom. The number of anilines is 1. The van der Waals surface area contributed by atoms with Gasteiger partial charge in [0.1, 0.15) is 5.75 Å². The average Bonchev–Trinajstić information content (AvgIpc) is 2.70. The van der Waals surface area contributed by atoms with Gasteiger partial charge in [0.2, 0.25) is 5.91 Å². The molecule has 0 unspecified atom stereocenters. The summed E-state index contributed by atoms with van der Waals surface area (Å²) >= 11 is 0. The zero-order chi connectivity index (χ0) is 12.7. The molecule has 1 aliphatic heterocycles. The first kappa shape index (κ1) is 10.8. The second-order valence-electron chi connectivity index (χ2n) is 4.51. The molecule has 3 rings (SSSR count). The molecule has 1 aromatic carbocycles. The lowest BCUT2D eigenvalue weighted by molar-refractivity contribution is -0.116. The van der Waals surface area contributed by atoms with E-state index in [9.17, 15) is 9.90 Å². The van der Waals surface area contributed by atoms with Gasteiger partial charge >= 0.3 is 0 Å². The quantitative estimate of drug-likeness (QED) is 0.715. The lowest BCUT2D eigenvalue weighted by Crippen LogP contribution is -2.23. The largest absolute Gasteiger partial charge is 0.508 e. The Bertz CT molecular complexity index is 618. The maximum absolute atomic E-state index is 11.7. The number of H-pyrrole nitrogens is 1. The molecule has 0 aliphatic carbocycles. The molecule has 2 heterocycles. The van der Waals surface area contributed by atoms with E-state index in [0.29, 0.717) is 12.2 Å². The van der Waals surface area contributed by atoms with E-state index in [1.54, 1.807) is 18.2 Å². The van der Waals surface area contributed by atoms with Crippen LogP contribution >= 0.6 is 0 Å². The SMILES string of the molecule is Cc1[nH]nc2c1[C@H](c1cccc(O)c1)CC(=O)N2. The third kappa shape index (κ3) is 1.64. The highest BCUT2D eigenvalue weighted by atomic mass is 16.3. The summed E-state index contributed by atoms with van der Waals surface area (Å²) in [5.74, 6) is 0.695. The van der Waals surface area contributed by atoms with Crippen molar-refractivity contribution in [2.24, 2.45) is 0 Å². The van der Waals surface area contributed by atoms with E-state index in [0.717, 1.165) is 16.8 Å². The predicted octanol–water partition coefficient (Wildman–Crippen LogP) is 1.90. The van der Waals surface area contributed by atoms with E-state index >= 15 is 0 Å². The molecule has 92 valence electrons. The van der Waals surface area contributed by atoms with Crippen LogP contribution in [0.5, 0.6) is 5.75 Å². The Balaban J connectivity index is 2.12. The van der Waals surface area contributed by atoms with Crippen LogP contribution in [0.1, 0.15) is 29.2 Å². The molecule has 5 nitrogen and oxygen atoms in total. The molecular weight excluding hydrogens is 230 g/mol. The number of aromatic hydroxyl groups is 1. The first-order chi connectivity index (χ1) is 8.65. The number of rotatable bonds is 1. The molecule has 0 saturated carbocycles. The Kier molecular flexibility index (Phi) is 2.33. The van der Waals surface area contributed by atoms with Gasteiger partial charge in [0.05, 0.1) is 0 Å². The number of phenolic OH excluding ortho intramolecular Hbond substituents is 1. The summed E-state index contributed by atoms with van der Waals surface area (Å²) in [6, 6.07) is 7.01. The number of hydrogen-bond acceptors (Lipinski definition) is 3. The van der Waals surface area contributed by atoms with Gasteiger partial charge in [0.25, 0.3) is 0 Å².